The van der Waals surface area contributed by atoms with Crippen molar-refractivity contribution in [3.63, 3.8) is 0 Å². The van der Waals surface area contributed by atoms with E-state index in [0.29, 0.717) is 11.1 Å². The van der Waals surface area contributed by atoms with Gasteiger partial charge in [0.05, 0.1) is 11.1 Å². The van der Waals surface area contributed by atoms with E-state index >= 15 is 0 Å². The Hall–Kier alpha value is -1.89. The lowest BCUT2D eigenvalue weighted by atomic mass is 9.98. The molecular weight excluding hydrogens is 185 g/mol. The SMILES string of the molecule is Cc1c(C(=O)O)cc(F)c(C#N)c1C. The zero-order valence-corrected chi connectivity index (χ0v) is 7.76. The van der Waals surface area contributed by atoms with Crippen LogP contribution < -0.4 is 0 Å². The van der Waals surface area contributed by atoms with Crippen molar-refractivity contribution in [3.8, 4) is 6.07 Å². The lowest BCUT2D eigenvalue weighted by molar-refractivity contribution is 0.0695. The van der Waals surface area contributed by atoms with Gasteiger partial charge in [-0.05, 0) is 31.0 Å². The van der Waals surface area contributed by atoms with Gasteiger partial charge in [-0.2, -0.15) is 5.26 Å². The third-order valence-electron chi connectivity index (χ3n) is 2.19. The zero-order chi connectivity index (χ0) is 10.9. The second-order valence-corrected chi connectivity index (χ2v) is 2.95. The van der Waals surface area contributed by atoms with Gasteiger partial charge < -0.3 is 5.11 Å². The van der Waals surface area contributed by atoms with Crippen molar-refractivity contribution in [1.29, 1.82) is 5.26 Å². The van der Waals surface area contributed by atoms with E-state index in [1.807, 2.05) is 0 Å². The maximum atomic E-state index is 13.2. The molecule has 1 aromatic carbocycles. The van der Waals surface area contributed by atoms with Crippen LogP contribution in [-0.4, -0.2) is 11.1 Å². The number of aromatic carboxylic acids is 1. The van der Waals surface area contributed by atoms with Crippen molar-refractivity contribution in [2.75, 3.05) is 0 Å². The molecule has 1 rings (SSSR count). The normalized spacial score (nSPS) is 9.57. The maximum Gasteiger partial charge on any atom is 0.336 e. The standard InChI is InChI=1S/C10H8FNO2/c1-5-6(2)8(4-12)9(11)3-7(5)10(13)14/h3H,1-2H3,(H,13,14). The van der Waals surface area contributed by atoms with Gasteiger partial charge in [-0.15, -0.1) is 0 Å². The van der Waals surface area contributed by atoms with E-state index in [2.05, 4.69) is 0 Å². The number of carbonyl (C=O) groups is 1. The predicted molar refractivity (Wildman–Crippen MR) is 47.5 cm³/mol. The summed E-state index contributed by atoms with van der Waals surface area (Å²) in [5.41, 5.74) is 0.617. The van der Waals surface area contributed by atoms with E-state index in [-0.39, 0.29) is 11.1 Å². The van der Waals surface area contributed by atoms with Crippen molar-refractivity contribution in [2.24, 2.45) is 0 Å². The van der Waals surface area contributed by atoms with E-state index in [1.165, 1.54) is 6.92 Å². The summed E-state index contributed by atoms with van der Waals surface area (Å²) in [5, 5.41) is 17.3. The average molecular weight is 193 g/mol. The predicted octanol–water partition coefficient (Wildman–Crippen LogP) is 2.01. The third kappa shape index (κ3) is 1.44. The molecule has 0 saturated carbocycles. The second-order valence-electron chi connectivity index (χ2n) is 2.95. The monoisotopic (exact) mass is 193 g/mol. The van der Waals surface area contributed by atoms with Crippen LogP contribution in [0.15, 0.2) is 6.07 Å². The third-order valence-corrected chi connectivity index (χ3v) is 2.19. The fourth-order valence-corrected chi connectivity index (χ4v) is 1.24. The number of hydrogen-bond acceptors (Lipinski definition) is 2. The molecule has 0 aromatic heterocycles. The molecule has 4 heteroatoms. The summed E-state index contributed by atoms with van der Waals surface area (Å²) >= 11 is 0. The van der Waals surface area contributed by atoms with Gasteiger partial charge in [-0.1, -0.05) is 0 Å². The van der Waals surface area contributed by atoms with Crippen LogP contribution in [0.2, 0.25) is 0 Å². The summed E-state index contributed by atoms with van der Waals surface area (Å²) in [4.78, 5) is 10.7. The molecule has 3 nitrogen and oxygen atoms in total. The van der Waals surface area contributed by atoms with Gasteiger partial charge in [0, 0.05) is 0 Å². The molecule has 0 aliphatic carbocycles. The number of hydrogen-bond donors (Lipinski definition) is 1. The Bertz CT molecular complexity index is 446. The highest BCUT2D eigenvalue weighted by Crippen LogP contribution is 2.20. The minimum absolute atomic E-state index is 0.0903. The molecule has 0 amide bonds. The van der Waals surface area contributed by atoms with Crippen molar-refractivity contribution in [3.05, 3.63) is 34.1 Å². The fraction of sp³-hybridized carbons (Fsp3) is 0.200. The lowest BCUT2D eigenvalue weighted by Crippen LogP contribution is -2.05. The Balaban J connectivity index is 3.58. The molecule has 1 N–H and O–H groups in total. The molecule has 0 unspecified atom stereocenters. The fourth-order valence-electron chi connectivity index (χ4n) is 1.24. The molecule has 0 aliphatic rings. The van der Waals surface area contributed by atoms with Crippen LogP contribution in [0.4, 0.5) is 4.39 Å². The van der Waals surface area contributed by atoms with Crippen LogP contribution in [0.1, 0.15) is 27.0 Å². The highest BCUT2D eigenvalue weighted by molar-refractivity contribution is 5.90. The highest BCUT2D eigenvalue weighted by Gasteiger charge is 2.15. The summed E-state index contributed by atoms with van der Waals surface area (Å²) in [6, 6.07) is 2.58. The van der Waals surface area contributed by atoms with Crippen molar-refractivity contribution >= 4 is 5.97 Å². The number of nitriles is 1. The summed E-state index contributed by atoms with van der Waals surface area (Å²) in [6.07, 6.45) is 0. The number of benzene rings is 1. The summed E-state index contributed by atoms with van der Waals surface area (Å²) in [5.74, 6) is -1.97. The Morgan fingerprint density at radius 2 is 2.07 bits per heavy atom. The van der Waals surface area contributed by atoms with Gasteiger partial charge >= 0.3 is 5.97 Å². The van der Waals surface area contributed by atoms with Crippen molar-refractivity contribution in [1.82, 2.24) is 0 Å². The average Bonchev–Trinajstić information content (AvgIpc) is 2.12. The first-order valence-electron chi connectivity index (χ1n) is 3.92. The van der Waals surface area contributed by atoms with Crippen LogP contribution >= 0.6 is 0 Å². The van der Waals surface area contributed by atoms with Gasteiger partial charge in [0.15, 0.2) is 0 Å². The maximum absolute atomic E-state index is 13.2. The van der Waals surface area contributed by atoms with Gasteiger partial charge in [0.2, 0.25) is 0 Å². The molecule has 0 bridgehead atoms. The van der Waals surface area contributed by atoms with E-state index < -0.39 is 11.8 Å². The number of carboxylic acids is 1. The molecule has 1 aromatic rings. The molecule has 0 saturated heterocycles. The van der Waals surface area contributed by atoms with Gasteiger partial charge in [0.1, 0.15) is 11.9 Å². The second kappa shape index (κ2) is 3.46. The molecular formula is C10H8FNO2. The number of carboxylic acid groups (broad SMARTS) is 1. The van der Waals surface area contributed by atoms with Crippen LogP contribution in [0.25, 0.3) is 0 Å². The number of nitrogens with zero attached hydrogens (tertiary/aromatic N) is 1. The topological polar surface area (TPSA) is 61.1 Å². The minimum atomic E-state index is -1.19. The molecule has 0 radical (unpaired) electrons. The summed E-state index contributed by atoms with van der Waals surface area (Å²) in [6.45, 7) is 3.09. The van der Waals surface area contributed by atoms with Crippen LogP contribution in [0.3, 0.4) is 0 Å². The summed E-state index contributed by atoms with van der Waals surface area (Å²) < 4.78 is 13.2. The molecule has 0 fully saturated rings. The van der Waals surface area contributed by atoms with Crippen molar-refractivity contribution < 1.29 is 14.3 Å². The lowest BCUT2D eigenvalue weighted by Gasteiger charge is -2.07. The Morgan fingerprint density at radius 3 is 2.50 bits per heavy atom. The van der Waals surface area contributed by atoms with Gasteiger partial charge in [-0.25, -0.2) is 9.18 Å². The molecule has 0 heterocycles. The Kier molecular flexibility index (Phi) is 2.52. The zero-order valence-electron chi connectivity index (χ0n) is 7.76. The Labute approximate surface area is 80.4 Å². The van der Waals surface area contributed by atoms with E-state index in [1.54, 1.807) is 13.0 Å². The van der Waals surface area contributed by atoms with Gasteiger partial charge in [0.25, 0.3) is 0 Å². The highest BCUT2D eigenvalue weighted by atomic mass is 19.1. The number of halogens is 1. The Morgan fingerprint density at radius 1 is 1.50 bits per heavy atom. The quantitative estimate of drug-likeness (QED) is 0.742. The number of rotatable bonds is 1. The van der Waals surface area contributed by atoms with Crippen LogP contribution in [-0.2, 0) is 0 Å². The molecule has 0 spiro atoms. The van der Waals surface area contributed by atoms with E-state index in [0.717, 1.165) is 6.07 Å². The van der Waals surface area contributed by atoms with E-state index in [9.17, 15) is 9.18 Å². The first-order valence-corrected chi connectivity index (χ1v) is 3.92. The molecule has 0 aliphatic heterocycles. The van der Waals surface area contributed by atoms with Gasteiger partial charge in [-0.3, -0.25) is 0 Å². The molecule has 0 atom stereocenters. The molecule has 72 valence electrons. The largest absolute Gasteiger partial charge is 0.478 e. The van der Waals surface area contributed by atoms with Crippen LogP contribution in [0.5, 0.6) is 0 Å². The van der Waals surface area contributed by atoms with Crippen LogP contribution in [0, 0.1) is 31.0 Å². The van der Waals surface area contributed by atoms with Crippen molar-refractivity contribution in [2.45, 2.75) is 13.8 Å². The minimum Gasteiger partial charge on any atom is -0.478 e. The summed E-state index contributed by atoms with van der Waals surface area (Å²) in [7, 11) is 0. The first kappa shape index (κ1) is 10.2. The smallest absolute Gasteiger partial charge is 0.336 e. The molecule has 14 heavy (non-hydrogen) atoms. The van der Waals surface area contributed by atoms with E-state index in [4.69, 9.17) is 10.4 Å². The first-order chi connectivity index (χ1) is 6.49.